The summed E-state index contributed by atoms with van der Waals surface area (Å²) in [5.74, 6) is 0.789. The Bertz CT molecular complexity index is 1370. The van der Waals surface area contributed by atoms with Gasteiger partial charge in [0.15, 0.2) is 0 Å². The fourth-order valence-corrected chi connectivity index (χ4v) is 4.88. The van der Waals surface area contributed by atoms with E-state index in [1.54, 1.807) is 38.5 Å². The molecule has 37 heavy (non-hydrogen) atoms. The second-order valence-corrected chi connectivity index (χ2v) is 9.47. The molecule has 0 aromatic heterocycles. The second-order valence-electron chi connectivity index (χ2n) is 8.30. The Labute approximate surface area is 221 Å². The van der Waals surface area contributed by atoms with E-state index >= 15 is 0 Å². The Morgan fingerprint density at radius 2 is 1.41 bits per heavy atom. The zero-order valence-corrected chi connectivity index (χ0v) is 21.7. The van der Waals surface area contributed by atoms with Crippen molar-refractivity contribution in [2.75, 3.05) is 24.9 Å². The van der Waals surface area contributed by atoms with E-state index in [9.17, 15) is 9.59 Å². The van der Waals surface area contributed by atoms with Gasteiger partial charge < -0.3 is 20.1 Å². The van der Waals surface area contributed by atoms with Gasteiger partial charge in [-0.2, -0.15) is 0 Å². The molecule has 4 rings (SSSR count). The summed E-state index contributed by atoms with van der Waals surface area (Å²) in [6.07, 6.45) is 0. The Kier molecular flexibility index (Phi) is 8.48. The van der Waals surface area contributed by atoms with E-state index in [4.69, 9.17) is 9.47 Å². The lowest BCUT2D eigenvalue weighted by atomic mass is 10.1. The normalized spacial score (nSPS) is 11.3. The lowest BCUT2D eigenvalue weighted by Gasteiger charge is -2.18. The quantitative estimate of drug-likeness (QED) is 0.243. The van der Waals surface area contributed by atoms with Gasteiger partial charge in [-0.05, 0) is 42.3 Å². The molecule has 0 heterocycles. The molecule has 2 amide bonds. The van der Waals surface area contributed by atoms with Crippen molar-refractivity contribution in [1.29, 1.82) is 0 Å². The van der Waals surface area contributed by atoms with Gasteiger partial charge in [-0.15, -0.1) is 11.8 Å². The molecule has 0 fully saturated rings. The third kappa shape index (κ3) is 6.71. The van der Waals surface area contributed by atoms with Gasteiger partial charge in [0.1, 0.15) is 16.7 Å². The average Bonchev–Trinajstić information content (AvgIpc) is 2.92. The number of carbonyl (C=O) groups is 2. The van der Waals surface area contributed by atoms with Gasteiger partial charge >= 0.3 is 0 Å². The van der Waals surface area contributed by atoms with Crippen molar-refractivity contribution in [2.24, 2.45) is 0 Å². The molecule has 0 aliphatic rings. The van der Waals surface area contributed by atoms with E-state index in [0.29, 0.717) is 28.4 Å². The molecule has 6 nitrogen and oxygen atoms in total. The molecule has 188 valence electrons. The summed E-state index contributed by atoms with van der Waals surface area (Å²) in [4.78, 5) is 27.2. The van der Waals surface area contributed by atoms with Crippen molar-refractivity contribution in [3.8, 4) is 11.5 Å². The Morgan fingerprint density at radius 3 is 2.08 bits per heavy atom. The molecule has 0 aliphatic carbocycles. The van der Waals surface area contributed by atoms with Gasteiger partial charge in [0, 0.05) is 40.0 Å². The first kappa shape index (κ1) is 25.9. The highest BCUT2D eigenvalue weighted by Gasteiger charge is 2.23. The van der Waals surface area contributed by atoms with E-state index in [-0.39, 0.29) is 11.8 Å². The SMILES string of the molecule is COc1cc(NC(=O)C(Sc2cccc(NC(=O)c3ccccc3C)c2)c2ccccc2)cc(OC)c1. The number of nitrogens with one attached hydrogen (secondary N) is 2. The number of methoxy groups -OCH3 is 2. The summed E-state index contributed by atoms with van der Waals surface area (Å²) < 4.78 is 10.7. The molecule has 0 spiro atoms. The highest BCUT2D eigenvalue weighted by Crippen LogP contribution is 2.38. The molecule has 7 heteroatoms. The predicted molar refractivity (Wildman–Crippen MR) is 149 cm³/mol. The molecule has 4 aromatic carbocycles. The number of hydrogen-bond donors (Lipinski definition) is 2. The molecule has 2 N–H and O–H groups in total. The summed E-state index contributed by atoms with van der Waals surface area (Å²) in [7, 11) is 3.13. The number of aryl methyl sites for hydroxylation is 1. The van der Waals surface area contributed by atoms with Gasteiger partial charge in [0.25, 0.3) is 5.91 Å². The molecule has 0 aliphatic heterocycles. The highest BCUT2D eigenvalue weighted by atomic mass is 32.2. The number of anilines is 2. The Balaban J connectivity index is 1.57. The number of hydrogen-bond acceptors (Lipinski definition) is 5. The fourth-order valence-electron chi connectivity index (χ4n) is 3.80. The number of ether oxygens (including phenoxy) is 2. The predicted octanol–water partition coefficient (Wildman–Crippen LogP) is 6.74. The lowest BCUT2D eigenvalue weighted by Crippen LogP contribution is -2.19. The van der Waals surface area contributed by atoms with Crippen LogP contribution in [0.4, 0.5) is 11.4 Å². The van der Waals surface area contributed by atoms with Crippen molar-refractivity contribution in [3.05, 3.63) is 114 Å². The molecular weight excluding hydrogens is 484 g/mol. The minimum absolute atomic E-state index is 0.176. The maximum Gasteiger partial charge on any atom is 0.255 e. The van der Waals surface area contributed by atoms with Gasteiger partial charge in [0.05, 0.1) is 14.2 Å². The van der Waals surface area contributed by atoms with E-state index in [0.717, 1.165) is 16.0 Å². The van der Waals surface area contributed by atoms with Crippen LogP contribution in [0.25, 0.3) is 0 Å². The first-order valence-corrected chi connectivity index (χ1v) is 12.6. The third-order valence-electron chi connectivity index (χ3n) is 5.69. The van der Waals surface area contributed by atoms with Crippen LogP contribution in [0.15, 0.2) is 102 Å². The number of carbonyl (C=O) groups excluding carboxylic acids is 2. The van der Waals surface area contributed by atoms with Crippen molar-refractivity contribution in [3.63, 3.8) is 0 Å². The van der Waals surface area contributed by atoms with Gasteiger partial charge in [-0.25, -0.2) is 0 Å². The van der Waals surface area contributed by atoms with E-state index in [1.807, 2.05) is 79.7 Å². The van der Waals surface area contributed by atoms with Crippen LogP contribution >= 0.6 is 11.8 Å². The standard InChI is InChI=1S/C30H28N2O4S/c1-20-10-7-8-15-27(20)29(33)31-22-13-9-14-26(18-22)37-28(21-11-5-4-6-12-21)30(34)32-23-16-24(35-2)19-25(17-23)36-3/h4-19,28H,1-3H3,(H,31,33)(H,32,34). The van der Waals surface area contributed by atoms with Gasteiger partial charge in [-0.1, -0.05) is 54.6 Å². The summed E-state index contributed by atoms with van der Waals surface area (Å²) in [5, 5.41) is 5.42. The average molecular weight is 513 g/mol. The van der Waals surface area contributed by atoms with Crippen LogP contribution in [0, 0.1) is 6.92 Å². The first-order chi connectivity index (χ1) is 18.0. The van der Waals surface area contributed by atoms with E-state index < -0.39 is 5.25 Å². The number of rotatable bonds is 9. The summed E-state index contributed by atoms with van der Waals surface area (Å²) in [6, 6.07) is 29.8. The Hall–Kier alpha value is -4.23. The fraction of sp³-hybridized carbons (Fsp3) is 0.133. The minimum atomic E-state index is -0.541. The highest BCUT2D eigenvalue weighted by molar-refractivity contribution is 8.00. The van der Waals surface area contributed by atoms with Crippen molar-refractivity contribution in [2.45, 2.75) is 17.1 Å². The van der Waals surface area contributed by atoms with Crippen molar-refractivity contribution in [1.82, 2.24) is 0 Å². The van der Waals surface area contributed by atoms with Crippen LogP contribution < -0.4 is 20.1 Å². The summed E-state index contributed by atoms with van der Waals surface area (Å²) in [6.45, 7) is 1.90. The molecule has 0 radical (unpaired) electrons. The molecular formula is C30H28N2O4S. The van der Waals surface area contributed by atoms with E-state index in [2.05, 4.69) is 10.6 Å². The van der Waals surface area contributed by atoms with Crippen LogP contribution in [0.3, 0.4) is 0 Å². The zero-order valence-electron chi connectivity index (χ0n) is 20.9. The summed E-state index contributed by atoms with van der Waals surface area (Å²) in [5.41, 5.74) is 3.61. The summed E-state index contributed by atoms with van der Waals surface area (Å²) >= 11 is 1.40. The van der Waals surface area contributed by atoms with Gasteiger partial charge in [-0.3, -0.25) is 9.59 Å². The first-order valence-electron chi connectivity index (χ1n) is 11.7. The number of thioether (sulfide) groups is 1. The van der Waals surface area contributed by atoms with Crippen molar-refractivity contribution < 1.29 is 19.1 Å². The molecule has 1 unspecified atom stereocenters. The monoisotopic (exact) mass is 512 g/mol. The zero-order chi connectivity index (χ0) is 26.2. The molecule has 0 saturated heterocycles. The third-order valence-corrected chi connectivity index (χ3v) is 6.94. The van der Waals surface area contributed by atoms with Crippen LogP contribution in [-0.2, 0) is 4.79 Å². The van der Waals surface area contributed by atoms with Gasteiger partial charge in [0.2, 0.25) is 5.91 Å². The topological polar surface area (TPSA) is 76.7 Å². The van der Waals surface area contributed by atoms with Crippen LogP contribution in [0.1, 0.15) is 26.7 Å². The van der Waals surface area contributed by atoms with Crippen LogP contribution in [0.2, 0.25) is 0 Å². The minimum Gasteiger partial charge on any atom is -0.497 e. The van der Waals surface area contributed by atoms with Crippen molar-refractivity contribution >= 4 is 35.0 Å². The maximum atomic E-state index is 13.5. The Morgan fingerprint density at radius 1 is 0.730 bits per heavy atom. The van der Waals surface area contributed by atoms with Crippen LogP contribution in [-0.4, -0.2) is 26.0 Å². The molecule has 4 aromatic rings. The molecule has 0 saturated carbocycles. The number of amides is 2. The number of benzene rings is 4. The van der Waals surface area contributed by atoms with E-state index in [1.165, 1.54) is 11.8 Å². The molecule has 1 atom stereocenters. The van der Waals surface area contributed by atoms with Crippen LogP contribution in [0.5, 0.6) is 11.5 Å². The smallest absolute Gasteiger partial charge is 0.255 e. The maximum absolute atomic E-state index is 13.5. The molecule has 0 bridgehead atoms. The lowest BCUT2D eigenvalue weighted by molar-refractivity contribution is -0.115. The second kappa shape index (κ2) is 12.1. The largest absolute Gasteiger partial charge is 0.497 e.